The van der Waals surface area contributed by atoms with E-state index in [1.165, 1.54) is 24.1 Å². The van der Waals surface area contributed by atoms with E-state index in [2.05, 4.69) is 26.5 Å². The highest BCUT2D eigenvalue weighted by molar-refractivity contribution is 6.05. The fraction of sp³-hybridized carbons (Fsp3) is 0.286. The van der Waals surface area contributed by atoms with Gasteiger partial charge in [0.1, 0.15) is 0 Å². The summed E-state index contributed by atoms with van der Waals surface area (Å²) in [5.74, 6) is -0.237. The summed E-state index contributed by atoms with van der Waals surface area (Å²) in [6, 6.07) is 17.6. The van der Waals surface area contributed by atoms with Crippen LogP contribution in [0.3, 0.4) is 0 Å². The third kappa shape index (κ3) is 3.69. The number of hydrogen-bond donors (Lipinski definition) is 1. The van der Waals surface area contributed by atoms with E-state index in [9.17, 15) is 4.79 Å². The van der Waals surface area contributed by atoms with Crippen LogP contribution in [0.25, 0.3) is 5.69 Å². The fourth-order valence-electron chi connectivity index (χ4n) is 3.44. The van der Waals surface area contributed by atoms with E-state index in [1.54, 1.807) is 6.92 Å². The molecule has 0 unspecified atom stereocenters. The molecule has 0 atom stereocenters. The van der Waals surface area contributed by atoms with Crippen molar-refractivity contribution in [2.75, 3.05) is 23.3 Å². The van der Waals surface area contributed by atoms with Crippen LogP contribution in [0.4, 0.5) is 11.4 Å². The summed E-state index contributed by atoms with van der Waals surface area (Å²) in [6.45, 7) is 3.85. The fourth-order valence-corrected chi connectivity index (χ4v) is 3.44. The summed E-state index contributed by atoms with van der Waals surface area (Å²) in [4.78, 5) is 16.7. The van der Waals surface area contributed by atoms with E-state index >= 15 is 0 Å². The van der Waals surface area contributed by atoms with Crippen molar-refractivity contribution >= 4 is 17.3 Å². The van der Waals surface area contributed by atoms with E-state index < -0.39 is 0 Å². The van der Waals surface area contributed by atoms with Crippen molar-refractivity contribution in [3.8, 4) is 5.69 Å². The first-order valence-electron chi connectivity index (χ1n) is 9.37. The molecule has 1 N–H and O–H groups in total. The van der Waals surface area contributed by atoms with E-state index in [0.29, 0.717) is 11.4 Å². The molecule has 27 heavy (non-hydrogen) atoms. The van der Waals surface area contributed by atoms with Crippen LogP contribution in [0.5, 0.6) is 0 Å². The molecule has 1 aliphatic heterocycles. The average molecular weight is 361 g/mol. The lowest BCUT2D eigenvalue weighted by Gasteiger charge is -2.30. The minimum Gasteiger partial charge on any atom is -0.370 e. The Morgan fingerprint density at radius 2 is 1.63 bits per heavy atom. The number of amides is 1. The lowest BCUT2D eigenvalue weighted by molar-refractivity contribution is 0.102. The number of para-hydroxylation sites is 3. The van der Waals surface area contributed by atoms with E-state index in [0.717, 1.165) is 30.2 Å². The minimum absolute atomic E-state index is 0.237. The van der Waals surface area contributed by atoms with Gasteiger partial charge in [0.05, 0.1) is 22.8 Å². The topological polar surface area (TPSA) is 63.1 Å². The molecule has 6 heteroatoms. The smallest absolute Gasteiger partial charge is 0.278 e. The maximum atomic E-state index is 12.9. The van der Waals surface area contributed by atoms with Crippen molar-refractivity contribution < 1.29 is 4.79 Å². The zero-order chi connectivity index (χ0) is 18.6. The van der Waals surface area contributed by atoms with Gasteiger partial charge in [0, 0.05) is 13.1 Å². The monoisotopic (exact) mass is 361 g/mol. The number of piperidine rings is 1. The van der Waals surface area contributed by atoms with Gasteiger partial charge in [-0.2, -0.15) is 9.90 Å². The molecule has 3 aromatic rings. The largest absolute Gasteiger partial charge is 0.370 e. The van der Waals surface area contributed by atoms with Crippen LogP contribution in [0.2, 0.25) is 0 Å². The van der Waals surface area contributed by atoms with Gasteiger partial charge >= 0.3 is 0 Å². The Kier molecular flexibility index (Phi) is 4.87. The first-order chi connectivity index (χ1) is 13.2. The Hall–Kier alpha value is -3.15. The third-order valence-electron chi connectivity index (χ3n) is 4.83. The Morgan fingerprint density at radius 3 is 2.41 bits per heavy atom. The maximum Gasteiger partial charge on any atom is 0.278 e. The molecule has 0 spiro atoms. The molecule has 6 nitrogen and oxygen atoms in total. The molecular weight excluding hydrogens is 338 g/mol. The molecule has 0 radical (unpaired) electrons. The first kappa shape index (κ1) is 17.3. The van der Waals surface area contributed by atoms with Crippen molar-refractivity contribution in [2.45, 2.75) is 26.2 Å². The van der Waals surface area contributed by atoms with Crippen molar-refractivity contribution in [1.29, 1.82) is 0 Å². The van der Waals surface area contributed by atoms with Crippen molar-refractivity contribution in [2.24, 2.45) is 0 Å². The van der Waals surface area contributed by atoms with Gasteiger partial charge < -0.3 is 10.2 Å². The lowest BCUT2D eigenvalue weighted by atomic mass is 10.1. The van der Waals surface area contributed by atoms with Gasteiger partial charge in [0.15, 0.2) is 5.69 Å². The average Bonchev–Trinajstić information content (AvgIpc) is 3.12. The highest BCUT2D eigenvalue weighted by atomic mass is 16.2. The third-order valence-corrected chi connectivity index (χ3v) is 4.83. The number of aromatic nitrogens is 3. The Morgan fingerprint density at radius 1 is 0.926 bits per heavy atom. The highest BCUT2D eigenvalue weighted by Gasteiger charge is 2.20. The maximum absolute atomic E-state index is 12.9. The van der Waals surface area contributed by atoms with Crippen LogP contribution in [-0.4, -0.2) is 34.0 Å². The van der Waals surface area contributed by atoms with E-state index in [-0.39, 0.29) is 5.91 Å². The van der Waals surface area contributed by atoms with Gasteiger partial charge in [-0.25, -0.2) is 0 Å². The number of benzene rings is 2. The summed E-state index contributed by atoms with van der Waals surface area (Å²) >= 11 is 0. The molecular formula is C21H23N5O. The van der Waals surface area contributed by atoms with Crippen LogP contribution < -0.4 is 10.2 Å². The van der Waals surface area contributed by atoms with Gasteiger partial charge in [-0.1, -0.05) is 30.3 Å². The number of aryl methyl sites for hydroxylation is 1. The lowest BCUT2D eigenvalue weighted by Crippen LogP contribution is -2.30. The summed E-state index contributed by atoms with van der Waals surface area (Å²) in [5, 5.41) is 11.8. The molecule has 0 aliphatic carbocycles. The number of carbonyl (C=O) groups excluding carboxylic acids is 1. The molecule has 138 valence electrons. The van der Waals surface area contributed by atoms with Gasteiger partial charge in [0.2, 0.25) is 0 Å². The second kappa shape index (κ2) is 7.61. The second-order valence-corrected chi connectivity index (χ2v) is 6.78. The molecule has 2 heterocycles. The van der Waals surface area contributed by atoms with Crippen molar-refractivity contribution in [3.63, 3.8) is 0 Å². The molecule has 0 bridgehead atoms. The summed E-state index contributed by atoms with van der Waals surface area (Å²) in [5.41, 5.74) is 3.66. The number of hydrogen-bond acceptors (Lipinski definition) is 4. The Bertz CT molecular complexity index is 929. The molecule has 1 aliphatic rings. The SMILES string of the molecule is Cc1nn(-c2ccccc2)nc1C(=O)Nc1ccccc1N1CCCCC1. The normalized spacial score (nSPS) is 14.2. The predicted molar refractivity (Wildman–Crippen MR) is 107 cm³/mol. The van der Waals surface area contributed by atoms with Gasteiger partial charge in [-0.3, -0.25) is 4.79 Å². The Balaban J connectivity index is 1.58. The van der Waals surface area contributed by atoms with Gasteiger partial charge in [-0.05, 0) is 50.5 Å². The molecule has 1 aromatic heterocycles. The Labute approximate surface area is 158 Å². The highest BCUT2D eigenvalue weighted by Crippen LogP contribution is 2.28. The van der Waals surface area contributed by atoms with Crippen LogP contribution >= 0.6 is 0 Å². The molecule has 1 saturated heterocycles. The number of carbonyl (C=O) groups is 1. The van der Waals surface area contributed by atoms with E-state index in [4.69, 9.17) is 0 Å². The number of anilines is 2. The first-order valence-corrected chi connectivity index (χ1v) is 9.37. The van der Waals surface area contributed by atoms with Crippen LogP contribution in [0.15, 0.2) is 54.6 Å². The predicted octanol–water partition coefficient (Wildman–Crippen LogP) is 3.82. The number of rotatable bonds is 4. The second-order valence-electron chi connectivity index (χ2n) is 6.78. The quantitative estimate of drug-likeness (QED) is 0.767. The molecule has 2 aromatic carbocycles. The van der Waals surface area contributed by atoms with E-state index in [1.807, 2.05) is 48.5 Å². The summed E-state index contributed by atoms with van der Waals surface area (Å²) in [7, 11) is 0. The summed E-state index contributed by atoms with van der Waals surface area (Å²) < 4.78 is 0. The van der Waals surface area contributed by atoms with Crippen molar-refractivity contribution in [3.05, 3.63) is 66.0 Å². The summed E-state index contributed by atoms with van der Waals surface area (Å²) in [6.07, 6.45) is 3.65. The standard InChI is InChI=1S/C21H23N5O/c1-16-20(24-26(23-16)17-10-4-2-5-11-17)21(27)22-18-12-6-7-13-19(18)25-14-8-3-9-15-25/h2,4-7,10-13H,3,8-9,14-15H2,1H3,(H,22,27). The molecule has 1 fully saturated rings. The number of nitrogens with one attached hydrogen (secondary N) is 1. The zero-order valence-electron chi connectivity index (χ0n) is 15.4. The minimum atomic E-state index is -0.237. The molecule has 1 amide bonds. The van der Waals surface area contributed by atoms with Gasteiger partial charge in [-0.15, -0.1) is 5.10 Å². The zero-order valence-corrected chi connectivity index (χ0v) is 15.4. The molecule has 4 rings (SSSR count). The van der Waals surface area contributed by atoms with Gasteiger partial charge in [0.25, 0.3) is 5.91 Å². The van der Waals surface area contributed by atoms with Crippen molar-refractivity contribution in [1.82, 2.24) is 15.0 Å². The van der Waals surface area contributed by atoms with Crippen LogP contribution in [-0.2, 0) is 0 Å². The van der Waals surface area contributed by atoms with Crippen LogP contribution in [0.1, 0.15) is 35.4 Å². The molecule has 0 saturated carbocycles. The van der Waals surface area contributed by atoms with Crippen LogP contribution in [0, 0.1) is 6.92 Å². The number of nitrogens with zero attached hydrogens (tertiary/aromatic N) is 4.